The smallest absolute Gasteiger partial charge is 0.123 e. The maximum atomic E-state index is 5.94. The number of fused-ring (bicyclic) bond motifs is 1. The summed E-state index contributed by atoms with van der Waals surface area (Å²) in [5.74, 6) is 1.07. The standard InChI is InChI=1S/C14H19NO/c1-10-7-11-8-12(3-4-13(11)16-10)14(9-15)5-2-6-14/h3-4,8,10H,2,5-7,9,15H2,1H3. The van der Waals surface area contributed by atoms with Gasteiger partial charge in [0, 0.05) is 18.4 Å². The first-order chi connectivity index (χ1) is 7.73. The maximum Gasteiger partial charge on any atom is 0.123 e. The van der Waals surface area contributed by atoms with Crippen LogP contribution in [0.2, 0.25) is 0 Å². The van der Waals surface area contributed by atoms with Gasteiger partial charge in [-0.15, -0.1) is 0 Å². The highest BCUT2D eigenvalue weighted by molar-refractivity contribution is 5.43. The van der Waals surface area contributed by atoms with E-state index in [9.17, 15) is 0 Å². The van der Waals surface area contributed by atoms with Crippen molar-refractivity contribution < 1.29 is 4.74 Å². The highest BCUT2D eigenvalue weighted by atomic mass is 16.5. The topological polar surface area (TPSA) is 35.2 Å². The van der Waals surface area contributed by atoms with Crippen molar-refractivity contribution in [1.29, 1.82) is 0 Å². The van der Waals surface area contributed by atoms with Gasteiger partial charge >= 0.3 is 0 Å². The van der Waals surface area contributed by atoms with Gasteiger partial charge in [-0.3, -0.25) is 0 Å². The molecule has 1 aliphatic carbocycles. The minimum Gasteiger partial charge on any atom is -0.490 e. The molecule has 86 valence electrons. The minimum absolute atomic E-state index is 0.279. The van der Waals surface area contributed by atoms with Crippen LogP contribution in [0.15, 0.2) is 18.2 Å². The summed E-state index contributed by atoms with van der Waals surface area (Å²) >= 11 is 0. The Morgan fingerprint density at radius 3 is 2.88 bits per heavy atom. The van der Waals surface area contributed by atoms with E-state index in [1.165, 1.54) is 30.4 Å². The Labute approximate surface area is 96.8 Å². The Hall–Kier alpha value is -1.02. The molecule has 1 aliphatic heterocycles. The normalized spacial score (nSPS) is 25.8. The lowest BCUT2D eigenvalue weighted by atomic mass is 9.64. The molecule has 0 bridgehead atoms. The van der Waals surface area contributed by atoms with Gasteiger partial charge in [-0.2, -0.15) is 0 Å². The van der Waals surface area contributed by atoms with Crippen LogP contribution in [-0.2, 0) is 11.8 Å². The molecule has 1 atom stereocenters. The lowest BCUT2D eigenvalue weighted by Gasteiger charge is -2.41. The van der Waals surface area contributed by atoms with Crippen LogP contribution in [0.3, 0.4) is 0 Å². The number of nitrogens with two attached hydrogens (primary N) is 1. The average Bonchev–Trinajstić information content (AvgIpc) is 2.56. The maximum absolute atomic E-state index is 5.94. The minimum atomic E-state index is 0.279. The zero-order valence-electron chi connectivity index (χ0n) is 9.83. The summed E-state index contributed by atoms with van der Waals surface area (Å²) in [5.41, 5.74) is 9.01. The van der Waals surface area contributed by atoms with Crippen LogP contribution in [0.1, 0.15) is 37.3 Å². The molecule has 0 aromatic heterocycles. The second-order valence-electron chi connectivity index (χ2n) is 5.29. The van der Waals surface area contributed by atoms with E-state index in [-0.39, 0.29) is 5.41 Å². The van der Waals surface area contributed by atoms with Gasteiger partial charge in [0.15, 0.2) is 0 Å². The van der Waals surface area contributed by atoms with Gasteiger partial charge in [0.1, 0.15) is 11.9 Å². The molecule has 0 saturated heterocycles. The number of hydrogen-bond acceptors (Lipinski definition) is 2. The Morgan fingerprint density at radius 1 is 1.44 bits per heavy atom. The monoisotopic (exact) mass is 217 g/mol. The molecule has 1 fully saturated rings. The first-order valence-electron chi connectivity index (χ1n) is 6.24. The van der Waals surface area contributed by atoms with Crippen molar-refractivity contribution >= 4 is 0 Å². The van der Waals surface area contributed by atoms with Gasteiger partial charge < -0.3 is 10.5 Å². The third-order valence-corrected chi connectivity index (χ3v) is 4.21. The summed E-state index contributed by atoms with van der Waals surface area (Å²) in [5, 5.41) is 0. The van der Waals surface area contributed by atoms with E-state index in [1.54, 1.807) is 0 Å². The molecule has 2 N–H and O–H groups in total. The fourth-order valence-corrected chi connectivity index (χ4v) is 2.97. The zero-order valence-corrected chi connectivity index (χ0v) is 9.83. The van der Waals surface area contributed by atoms with Crippen molar-refractivity contribution in [2.24, 2.45) is 5.73 Å². The molecule has 2 heteroatoms. The van der Waals surface area contributed by atoms with Crippen LogP contribution in [0.4, 0.5) is 0 Å². The molecule has 0 spiro atoms. The number of ether oxygens (including phenoxy) is 1. The van der Waals surface area contributed by atoms with E-state index in [4.69, 9.17) is 10.5 Å². The van der Waals surface area contributed by atoms with Crippen LogP contribution in [-0.4, -0.2) is 12.6 Å². The second kappa shape index (κ2) is 3.49. The van der Waals surface area contributed by atoms with Crippen LogP contribution < -0.4 is 10.5 Å². The molecule has 0 radical (unpaired) electrons. The zero-order chi connectivity index (χ0) is 11.2. The number of benzene rings is 1. The van der Waals surface area contributed by atoms with Gasteiger partial charge in [0.25, 0.3) is 0 Å². The van der Waals surface area contributed by atoms with E-state index in [0.29, 0.717) is 6.10 Å². The first-order valence-corrected chi connectivity index (χ1v) is 6.24. The molecule has 1 aromatic carbocycles. The molecule has 2 aliphatic rings. The molecule has 1 unspecified atom stereocenters. The van der Waals surface area contributed by atoms with E-state index in [2.05, 4.69) is 25.1 Å². The second-order valence-corrected chi connectivity index (χ2v) is 5.29. The summed E-state index contributed by atoms with van der Waals surface area (Å²) in [7, 11) is 0. The highest BCUT2D eigenvalue weighted by Crippen LogP contribution is 2.44. The fourth-order valence-electron chi connectivity index (χ4n) is 2.97. The van der Waals surface area contributed by atoms with Gasteiger partial charge in [0.2, 0.25) is 0 Å². The number of rotatable bonds is 2. The number of hydrogen-bond donors (Lipinski definition) is 1. The van der Waals surface area contributed by atoms with E-state index in [1.807, 2.05) is 0 Å². The van der Waals surface area contributed by atoms with Gasteiger partial charge in [0.05, 0.1) is 0 Å². The van der Waals surface area contributed by atoms with Crippen LogP contribution in [0.25, 0.3) is 0 Å². The summed E-state index contributed by atoms with van der Waals surface area (Å²) in [6.45, 7) is 2.91. The fraction of sp³-hybridized carbons (Fsp3) is 0.571. The van der Waals surface area contributed by atoms with Crippen LogP contribution in [0, 0.1) is 0 Å². The summed E-state index contributed by atoms with van der Waals surface area (Å²) < 4.78 is 5.73. The van der Waals surface area contributed by atoms with Crippen molar-refractivity contribution in [2.45, 2.75) is 44.1 Å². The van der Waals surface area contributed by atoms with Crippen molar-refractivity contribution in [3.05, 3.63) is 29.3 Å². The SMILES string of the molecule is CC1Cc2cc(C3(CN)CCC3)ccc2O1. The first kappa shape index (κ1) is 10.2. The Bertz CT molecular complexity index is 404. The Balaban J connectivity index is 1.96. The van der Waals surface area contributed by atoms with Crippen molar-refractivity contribution in [1.82, 2.24) is 0 Å². The lowest BCUT2D eigenvalue weighted by molar-refractivity contribution is 0.251. The predicted octanol–water partition coefficient (Wildman–Crippen LogP) is 2.39. The molecule has 16 heavy (non-hydrogen) atoms. The van der Waals surface area contributed by atoms with E-state index >= 15 is 0 Å². The third kappa shape index (κ3) is 1.36. The Morgan fingerprint density at radius 2 is 2.25 bits per heavy atom. The average molecular weight is 217 g/mol. The van der Waals surface area contributed by atoms with Gasteiger partial charge in [-0.25, -0.2) is 0 Å². The highest BCUT2D eigenvalue weighted by Gasteiger charge is 2.38. The molecular formula is C14H19NO. The molecule has 1 aromatic rings. The summed E-state index contributed by atoms with van der Waals surface area (Å²) in [4.78, 5) is 0. The molecule has 1 saturated carbocycles. The largest absolute Gasteiger partial charge is 0.490 e. The van der Waals surface area contributed by atoms with Crippen LogP contribution >= 0.6 is 0 Å². The van der Waals surface area contributed by atoms with Gasteiger partial charge in [-0.05, 0) is 37.0 Å². The molecule has 2 nitrogen and oxygen atoms in total. The summed E-state index contributed by atoms with van der Waals surface area (Å²) in [6.07, 6.45) is 5.20. The molecule has 3 rings (SSSR count). The quantitative estimate of drug-likeness (QED) is 0.825. The van der Waals surface area contributed by atoms with Gasteiger partial charge in [-0.1, -0.05) is 18.6 Å². The molecule has 1 heterocycles. The third-order valence-electron chi connectivity index (χ3n) is 4.21. The lowest BCUT2D eigenvalue weighted by Crippen LogP contribution is -2.41. The summed E-state index contributed by atoms with van der Waals surface area (Å²) in [6, 6.07) is 6.66. The predicted molar refractivity (Wildman–Crippen MR) is 64.8 cm³/mol. The van der Waals surface area contributed by atoms with E-state index < -0.39 is 0 Å². The molecular weight excluding hydrogens is 198 g/mol. The molecule has 0 amide bonds. The Kier molecular flexibility index (Phi) is 2.21. The van der Waals surface area contributed by atoms with Crippen molar-refractivity contribution in [2.75, 3.05) is 6.54 Å². The van der Waals surface area contributed by atoms with Crippen molar-refractivity contribution in [3.63, 3.8) is 0 Å². The van der Waals surface area contributed by atoms with Crippen LogP contribution in [0.5, 0.6) is 5.75 Å². The van der Waals surface area contributed by atoms with Crippen molar-refractivity contribution in [3.8, 4) is 5.75 Å². The van der Waals surface area contributed by atoms with E-state index in [0.717, 1.165) is 18.7 Å².